The number of aromatic nitrogens is 2. The minimum atomic E-state index is -0.250. The normalized spacial score (nSPS) is 14.1. The average Bonchev–Trinajstić information content (AvgIpc) is 2.74. The Balaban J connectivity index is 1.76. The van der Waals surface area contributed by atoms with E-state index in [1.54, 1.807) is 48.8 Å². The van der Waals surface area contributed by atoms with Crippen molar-refractivity contribution in [1.29, 1.82) is 0 Å². The lowest BCUT2D eigenvalue weighted by Gasteiger charge is -2.10. The smallest absolute Gasteiger partial charge is 0.261 e. The van der Waals surface area contributed by atoms with Crippen LogP contribution in [0.5, 0.6) is 0 Å². The summed E-state index contributed by atoms with van der Waals surface area (Å²) in [5, 5.41) is 0. The average molecular weight is 265 g/mol. The lowest BCUT2D eigenvalue weighted by molar-refractivity contribution is 0.0672. The van der Waals surface area contributed by atoms with Crippen molar-refractivity contribution in [3.8, 4) is 0 Å². The van der Waals surface area contributed by atoms with Gasteiger partial charge in [-0.2, -0.15) is 0 Å². The molecule has 1 aliphatic heterocycles. The summed E-state index contributed by atoms with van der Waals surface area (Å²) in [6, 6.07) is 6.85. The van der Waals surface area contributed by atoms with Gasteiger partial charge in [-0.15, -0.1) is 0 Å². The number of imide groups is 1. The van der Waals surface area contributed by atoms with Crippen LogP contribution in [0, 0.1) is 0 Å². The summed E-state index contributed by atoms with van der Waals surface area (Å²) in [6.07, 6.45) is 8.29. The Morgan fingerprint density at radius 1 is 1.00 bits per heavy atom. The summed E-state index contributed by atoms with van der Waals surface area (Å²) in [7, 11) is 0. The molecule has 2 aromatic rings. The van der Waals surface area contributed by atoms with E-state index in [1.807, 2.05) is 0 Å². The molecule has 2 amide bonds. The van der Waals surface area contributed by atoms with Crippen molar-refractivity contribution in [2.24, 2.45) is 0 Å². The third-order valence-corrected chi connectivity index (χ3v) is 3.06. The number of carbonyl (C=O) groups is 2. The molecule has 2 heterocycles. The highest BCUT2D eigenvalue weighted by Crippen LogP contribution is 2.22. The molecule has 0 saturated heterocycles. The zero-order valence-corrected chi connectivity index (χ0v) is 10.6. The summed E-state index contributed by atoms with van der Waals surface area (Å²) in [4.78, 5) is 33.2. The molecule has 0 spiro atoms. The van der Waals surface area contributed by atoms with Crippen molar-refractivity contribution < 1.29 is 9.59 Å². The van der Waals surface area contributed by atoms with Gasteiger partial charge in [0.1, 0.15) is 6.33 Å². The molecule has 0 N–H and O–H groups in total. The first kappa shape index (κ1) is 12.2. The molecule has 0 radical (unpaired) electrons. The summed E-state index contributed by atoms with van der Waals surface area (Å²) in [5.41, 5.74) is 1.76. The van der Waals surface area contributed by atoms with Gasteiger partial charge < -0.3 is 0 Å². The molecule has 0 unspecified atom stereocenters. The van der Waals surface area contributed by atoms with E-state index < -0.39 is 0 Å². The van der Waals surface area contributed by atoms with Crippen LogP contribution in [0.3, 0.4) is 0 Å². The molecule has 5 nitrogen and oxygen atoms in total. The van der Waals surface area contributed by atoms with Gasteiger partial charge in [-0.1, -0.05) is 24.3 Å². The maximum Gasteiger partial charge on any atom is 0.261 e. The van der Waals surface area contributed by atoms with Gasteiger partial charge in [0.25, 0.3) is 11.8 Å². The van der Waals surface area contributed by atoms with E-state index in [9.17, 15) is 9.59 Å². The number of hydrogen-bond acceptors (Lipinski definition) is 4. The predicted molar refractivity (Wildman–Crippen MR) is 72.9 cm³/mol. The molecule has 0 saturated carbocycles. The molecule has 1 aliphatic rings. The Bertz CT molecular complexity index is 660. The number of carbonyl (C=O) groups excluding carboxylic acids is 2. The van der Waals surface area contributed by atoms with Gasteiger partial charge in [0, 0.05) is 24.5 Å². The second-order valence-corrected chi connectivity index (χ2v) is 4.34. The van der Waals surface area contributed by atoms with Crippen LogP contribution in [-0.4, -0.2) is 33.2 Å². The van der Waals surface area contributed by atoms with E-state index in [0.29, 0.717) is 11.1 Å². The maximum atomic E-state index is 12.1. The monoisotopic (exact) mass is 265 g/mol. The molecule has 20 heavy (non-hydrogen) atoms. The van der Waals surface area contributed by atoms with Crippen LogP contribution in [0.4, 0.5) is 0 Å². The molecule has 1 aromatic heterocycles. The Morgan fingerprint density at radius 3 is 2.20 bits per heavy atom. The lowest BCUT2D eigenvalue weighted by atomic mass is 10.1. The van der Waals surface area contributed by atoms with Crippen molar-refractivity contribution in [3.63, 3.8) is 0 Å². The van der Waals surface area contributed by atoms with Crippen LogP contribution in [0.15, 0.2) is 49.1 Å². The maximum absolute atomic E-state index is 12.1. The highest BCUT2D eigenvalue weighted by Gasteiger charge is 2.33. The Kier molecular flexibility index (Phi) is 3.09. The van der Waals surface area contributed by atoms with Crippen molar-refractivity contribution in [1.82, 2.24) is 14.9 Å². The van der Waals surface area contributed by atoms with Crippen molar-refractivity contribution >= 4 is 17.9 Å². The topological polar surface area (TPSA) is 63.2 Å². The van der Waals surface area contributed by atoms with Gasteiger partial charge in [0.05, 0.1) is 11.1 Å². The number of hydrogen-bond donors (Lipinski definition) is 0. The zero-order chi connectivity index (χ0) is 13.9. The second kappa shape index (κ2) is 5.05. The number of amides is 2. The van der Waals surface area contributed by atoms with Crippen LogP contribution >= 0.6 is 0 Å². The largest absolute Gasteiger partial charge is 0.270 e. The van der Waals surface area contributed by atoms with Gasteiger partial charge in [0.2, 0.25) is 0 Å². The summed E-state index contributed by atoms with van der Waals surface area (Å²) in [5.74, 6) is -0.501. The molecule has 1 aromatic carbocycles. The van der Waals surface area contributed by atoms with E-state index >= 15 is 0 Å². The highest BCUT2D eigenvalue weighted by atomic mass is 16.2. The van der Waals surface area contributed by atoms with Crippen molar-refractivity contribution in [2.45, 2.75) is 0 Å². The lowest BCUT2D eigenvalue weighted by Crippen LogP contribution is -2.29. The molecule has 0 bridgehead atoms. The van der Waals surface area contributed by atoms with Crippen LogP contribution in [0.25, 0.3) is 6.08 Å². The third-order valence-electron chi connectivity index (χ3n) is 3.06. The zero-order valence-electron chi connectivity index (χ0n) is 10.6. The first-order valence-electron chi connectivity index (χ1n) is 6.14. The molecule has 5 heteroatoms. The number of nitrogens with zero attached hydrogens (tertiary/aromatic N) is 3. The predicted octanol–water partition coefficient (Wildman–Crippen LogP) is 1.79. The van der Waals surface area contributed by atoms with E-state index in [-0.39, 0.29) is 18.4 Å². The van der Waals surface area contributed by atoms with E-state index in [2.05, 4.69) is 9.97 Å². The van der Waals surface area contributed by atoms with E-state index in [0.717, 1.165) is 5.56 Å². The summed E-state index contributed by atoms with van der Waals surface area (Å²) < 4.78 is 0. The van der Waals surface area contributed by atoms with Gasteiger partial charge in [-0.05, 0) is 12.1 Å². The fourth-order valence-corrected chi connectivity index (χ4v) is 2.10. The fraction of sp³-hybridized carbons (Fsp3) is 0.0667. The van der Waals surface area contributed by atoms with Crippen LogP contribution < -0.4 is 0 Å². The van der Waals surface area contributed by atoms with E-state index in [4.69, 9.17) is 0 Å². The van der Waals surface area contributed by atoms with Crippen molar-refractivity contribution in [2.75, 3.05) is 6.54 Å². The van der Waals surface area contributed by atoms with Gasteiger partial charge in [0.15, 0.2) is 0 Å². The van der Waals surface area contributed by atoms with Crippen LogP contribution in [0.1, 0.15) is 26.3 Å². The van der Waals surface area contributed by atoms with Crippen LogP contribution in [0.2, 0.25) is 0 Å². The van der Waals surface area contributed by atoms with Gasteiger partial charge in [-0.3, -0.25) is 14.5 Å². The van der Waals surface area contributed by atoms with Gasteiger partial charge in [-0.25, -0.2) is 9.97 Å². The van der Waals surface area contributed by atoms with Crippen LogP contribution in [-0.2, 0) is 0 Å². The Morgan fingerprint density at radius 2 is 1.60 bits per heavy atom. The number of rotatable bonds is 3. The minimum Gasteiger partial charge on any atom is -0.270 e. The summed E-state index contributed by atoms with van der Waals surface area (Å²) >= 11 is 0. The van der Waals surface area contributed by atoms with Crippen molar-refractivity contribution in [3.05, 3.63) is 65.8 Å². The Labute approximate surface area is 115 Å². The van der Waals surface area contributed by atoms with E-state index in [1.165, 1.54) is 11.2 Å². The Hall–Kier alpha value is -2.82. The number of fused-ring (bicyclic) bond motifs is 1. The minimum absolute atomic E-state index is 0.237. The first-order valence-corrected chi connectivity index (χ1v) is 6.14. The quantitative estimate of drug-likeness (QED) is 0.794. The number of benzene rings is 1. The first-order chi connectivity index (χ1) is 9.77. The fourth-order valence-electron chi connectivity index (χ4n) is 2.10. The molecular weight excluding hydrogens is 254 g/mol. The molecular formula is C15H11N3O2. The summed E-state index contributed by atoms with van der Waals surface area (Å²) in [6.45, 7) is 0.237. The molecule has 0 fully saturated rings. The molecule has 0 atom stereocenters. The molecule has 98 valence electrons. The second-order valence-electron chi connectivity index (χ2n) is 4.34. The van der Waals surface area contributed by atoms with Gasteiger partial charge >= 0.3 is 0 Å². The molecule has 0 aliphatic carbocycles. The third kappa shape index (κ3) is 2.09. The molecule has 3 rings (SSSR count). The highest BCUT2D eigenvalue weighted by molar-refractivity contribution is 6.21. The standard InChI is InChI=1S/C15H11N3O2/c19-14-12-5-1-2-6-13(12)15(20)18(14)7-3-4-11-8-16-10-17-9-11/h1-6,8-10H,7H2/b4-3+. The SMILES string of the molecule is O=C1c2ccccc2C(=O)N1C/C=C/c1cncnc1.